The summed E-state index contributed by atoms with van der Waals surface area (Å²) in [5, 5.41) is 11.4. The summed E-state index contributed by atoms with van der Waals surface area (Å²) in [6.45, 7) is 5.85. The monoisotopic (exact) mass is 591 g/mol. The van der Waals surface area contributed by atoms with Crippen LogP contribution in [0.3, 0.4) is 0 Å². The van der Waals surface area contributed by atoms with Gasteiger partial charge in [0, 0.05) is 27.8 Å². The van der Waals surface area contributed by atoms with E-state index in [1.807, 2.05) is 25.1 Å². The Hall–Kier alpha value is -4.41. The Morgan fingerprint density at radius 1 is 1.15 bits per heavy atom. The van der Waals surface area contributed by atoms with Crippen molar-refractivity contribution >= 4 is 41.0 Å². The van der Waals surface area contributed by atoms with Crippen LogP contribution in [0.25, 0.3) is 17.4 Å². The van der Waals surface area contributed by atoms with Gasteiger partial charge >= 0.3 is 5.97 Å². The normalized spacial score (nSPS) is 14.9. The third kappa shape index (κ3) is 5.36. The maximum absolute atomic E-state index is 13.9. The van der Waals surface area contributed by atoms with E-state index in [0.717, 1.165) is 11.3 Å². The van der Waals surface area contributed by atoms with Crippen LogP contribution in [-0.4, -0.2) is 29.7 Å². The number of hydrogen-bond donors (Lipinski definition) is 0. The van der Waals surface area contributed by atoms with Crippen LogP contribution in [0.5, 0.6) is 5.75 Å². The molecule has 0 unspecified atom stereocenters. The number of ether oxygens (including phenoxy) is 2. The van der Waals surface area contributed by atoms with Crippen LogP contribution < -0.4 is 24.7 Å². The van der Waals surface area contributed by atoms with Crippen molar-refractivity contribution in [3.8, 4) is 17.1 Å². The predicted molar refractivity (Wildman–Crippen MR) is 151 cm³/mol. The molecule has 1 aliphatic rings. The number of esters is 1. The number of hydrogen-bond acceptors (Lipinski definition) is 9. The summed E-state index contributed by atoms with van der Waals surface area (Å²) in [5.74, 6) is -0.674. The van der Waals surface area contributed by atoms with Crippen molar-refractivity contribution in [1.29, 1.82) is 0 Å². The van der Waals surface area contributed by atoms with Gasteiger partial charge in [-0.2, -0.15) is 0 Å². The Bertz CT molecular complexity index is 1880. The molecule has 1 aliphatic heterocycles. The molecule has 0 N–H and O–H groups in total. The minimum Gasteiger partial charge on any atom is -0.545 e. The van der Waals surface area contributed by atoms with Gasteiger partial charge < -0.3 is 23.8 Å². The average Bonchev–Trinajstić information content (AvgIpc) is 3.53. The number of furan rings is 1. The van der Waals surface area contributed by atoms with E-state index in [1.165, 1.54) is 16.7 Å². The lowest BCUT2D eigenvalue weighted by molar-refractivity contribution is -0.255. The predicted octanol–water partition coefficient (Wildman–Crippen LogP) is 3.47. The second-order valence-electron chi connectivity index (χ2n) is 8.96. The molecule has 41 heavy (non-hydrogen) atoms. The maximum Gasteiger partial charge on any atom is 0.338 e. The second-order valence-corrected chi connectivity index (χ2v) is 10.4. The number of aromatic carboxylic acids is 1. The molecule has 0 radical (unpaired) electrons. The molecule has 0 aliphatic carbocycles. The zero-order valence-corrected chi connectivity index (χ0v) is 23.9. The molecular weight excluding hydrogens is 568 g/mol. The van der Waals surface area contributed by atoms with Gasteiger partial charge in [0.25, 0.3) is 5.56 Å². The highest BCUT2D eigenvalue weighted by atomic mass is 35.5. The molecule has 0 spiro atoms. The summed E-state index contributed by atoms with van der Waals surface area (Å²) in [7, 11) is 0. The van der Waals surface area contributed by atoms with E-state index < -0.39 is 18.0 Å². The first-order chi connectivity index (χ1) is 19.7. The molecule has 0 saturated carbocycles. The van der Waals surface area contributed by atoms with Crippen molar-refractivity contribution < 1.29 is 28.6 Å². The van der Waals surface area contributed by atoms with Gasteiger partial charge in [-0.25, -0.2) is 9.79 Å². The van der Waals surface area contributed by atoms with Crippen molar-refractivity contribution in [3.05, 3.63) is 107 Å². The molecule has 0 amide bonds. The summed E-state index contributed by atoms with van der Waals surface area (Å²) in [5.41, 5.74) is 1.28. The first-order valence-corrected chi connectivity index (χ1v) is 13.9. The number of carbonyl (C=O) groups is 2. The fraction of sp³-hybridized carbons (Fsp3) is 0.200. The Kier molecular flexibility index (Phi) is 7.96. The highest BCUT2D eigenvalue weighted by Crippen LogP contribution is 2.36. The van der Waals surface area contributed by atoms with E-state index >= 15 is 0 Å². The number of para-hydroxylation sites is 1. The van der Waals surface area contributed by atoms with E-state index in [0.29, 0.717) is 50.0 Å². The van der Waals surface area contributed by atoms with E-state index in [9.17, 15) is 19.5 Å². The first kappa shape index (κ1) is 28.1. The second kappa shape index (κ2) is 11.6. The summed E-state index contributed by atoms with van der Waals surface area (Å²) in [6.07, 6.45) is 1.58. The molecule has 11 heteroatoms. The largest absolute Gasteiger partial charge is 0.545 e. The summed E-state index contributed by atoms with van der Waals surface area (Å²) >= 11 is 7.11. The van der Waals surface area contributed by atoms with Crippen molar-refractivity contribution in [1.82, 2.24) is 4.57 Å². The molecule has 3 heterocycles. The smallest absolute Gasteiger partial charge is 0.338 e. The number of fused-ring (bicyclic) bond motifs is 1. The molecule has 1 atom stereocenters. The SMILES string of the molecule is CCOC(=O)C1=C(C)N=c2s/c(=C\c3ccc(-c4ccc(Cl)c(C(=O)[O-])c4)o3)c(=O)n2[C@@H]1c1ccccc1OCC. The highest BCUT2D eigenvalue weighted by Gasteiger charge is 2.35. The summed E-state index contributed by atoms with van der Waals surface area (Å²) < 4.78 is 18.9. The zero-order valence-electron chi connectivity index (χ0n) is 22.3. The van der Waals surface area contributed by atoms with Gasteiger partial charge in [-0.15, -0.1) is 0 Å². The molecule has 0 saturated heterocycles. The van der Waals surface area contributed by atoms with E-state index in [2.05, 4.69) is 4.99 Å². The minimum absolute atomic E-state index is 0.0552. The lowest BCUT2D eigenvalue weighted by Gasteiger charge is -2.26. The van der Waals surface area contributed by atoms with Gasteiger partial charge in [-0.3, -0.25) is 9.36 Å². The highest BCUT2D eigenvalue weighted by molar-refractivity contribution is 7.07. The number of carboxylic acid groups (broad SMARTS) is 1. The number of aromatic nitrogens is 1. The molecule has 0 bridgehead atoms. The molecule has 2 aromatic heterocycles. The van der Waals surface area contributed by atoms with E-state index in [-0.39, 0.29) is 28.3 Å². The standard InChI is InChI=1S/C30H25ClN2O7S/c1-4-38-23-9-7-6-8-19(23)26-25(29(37)39-5-2)16(3)32-30-33(26)27(34)24(41-30)15-18-11-13-22(40-18)17-10-12-21(31)20(14-17)28(35)36/h6-15,26H,4-5H2,1-3H3,(H,35,36)/p-1/b24-15-/t26-/m1/s1. The number of rotatable bonds is 8. The zero-order chi connectivity index (χ0) is 29.3. The van der Waals surface area contributed by atoms with Gasteiger partial charge in [0.1, 0.15) is 23.3 Å². The number of carbonyl (C=O) groups excluding carboxylic acids is 2. The Balaban J connectivity index is 1.64. The van der Waals surface area contributed by atoms with Crippen molar-refractivity contribution in [2.75, 3.05) is 13.2 Å². The van der Waals surface area contributed by atoms with Crippen molar-refractivity contribution in [3.63, 3.8) is 0 Å². The molecule has 5 rings (SSSR count). The number of benzene rings is 2. The fourth-order valence-electron chi connectivity index (χ4n) is 4.63. The van der Waals surface area contributed by atoms with Crippen LogP contribution in [0.15, 0.2) is 80.1 Å². The van der Waals surface area contributed by atoms with Gasteiger partial charge in [-0.1, -0.05) is 41.1 Å². The van der Waals surface area contributed by atoms with Crippen molar-refractivity contribution in [2.45, 2.75) is 26.8 Å². The lowest BCUT2D eigenvalue weighted by Crippen LogP contribution is -2.40. The molecule has 210 valence electrons. The first-order valence-electron chi connectivity index (χ1n) is 12.8. The molecule has 0 fully saturated rings. The third-order valence-corrected chi connectivity index (χ3v) is 7.71. The Morgan fingerprint density at radius 2 is 1.93 bits per heavy atom. The topological polar surface area (TPSA) is 123 Å². The van der Waals surface area contributed by atoms with Gasteiger partial charge in [-0.05, 0) is 57.2 Å². The van der Waals surface area contributed by atoms with Gasteiger partial charge in [0.15, 0.2) is 4.80 Å². The number of carboxylic acids is 1. The number of nitrogens with zero attached hydrogens (tertiary/aromatic N) is 2. The van der Waals surface area contributed by atoms with Crippen LogP contribution >= 0.6 is 22.9 Å². The van der Waals surface area contributed by atoms with Crippen LogP contribution in [0.2, 0.25) is 5.02 Å². The average molecular weight is 592 g/mol. The fourth-order valence-corrected chi connectivity index (χ4v) is 5.85. The summed E-state index contributed by atoms with van der Waals surface area (Å²) in [6, 6.07) is 14.2. The quantitative estimate of drug-likeness (QED) is 0.287. The minimum atomic E-state index is -1.40. The van der Waals surface area contributed by atoms with Crippen molar-refractivity contribution in [2.24, 2.45) is 4.99 Å². The van der Waals surface area contributed by atoms with Gasteiger partial charge in [0.05, 0.1) is 35.0 Å². The molecular formula is C30H24ClN2O7S-. The molecule has 4 aromatic rings. The third-order valence-electron chi connectivity index (χ3n) is 6.40. The van der Waals surface area contributed by atoms with Crippen LogP contribution in [-0.2, 0) is 9.53 Å². The summed E-state index contributed by atoms with van der Waals surface area (Å²) in [4.78, 5) is 43.4. The van der Waals surface area contributed by atoms with E-state index in [1.54, 1.807) is 44.2 Å². The number of halogens is 1. The number of allylic oxidation sites excluding steroid dienone is 1. The Labute approximate surface area is 243 Å². The van der Waals surface area contributed by atoms with Gasteiger partial charge in [0.2, 0.25) is 0 Å². The van der Waals surface area contributed by atoms with Crippen LogP contribution in [0, 0.1) is 0 Å². The molecule has 2 aromatic carbocycles. The van der Waals surface area contributed by atoms with Crippen LogP contribution in [0.1, 0.15) is 48.5 Å². The lowest BCUT2D eigenvalue weighted by atomic mass is 9.95. The van der Waals surface area contributed by atoms with Crippen LogP contribution in [0.4, 0.5) is 0 Å². The number of thiazole rings is 1. The maximum atomic E-state index is 13.9. The molecule has 9 nitrogen and oxygen atoms in total. The Morgan fingerprint density at radius 3 is 2.66 bits per heavy atom. The van der Waals surface area contributed by atoms with E-state index in [4.69, 9.17) is 25.5 Å².